The van der Waals surface area contributed by atoms with E-state index in [2.05, 4.69) is 15.3 Å². The first kappa shape index (κ1) is 14.4. The number of hydrogen-bond donors (Lipinski definition) is 1. The number of hydrogen-bond acceptors (Lipinski definition) is 5. The lowest BCUT2D eigenvalue weighted by molar-refractivity contribution is -0.116. The van der Waals surface area contributed by atoms with Gasteiger partial charge in [-0.1, -0.05) is 12.1 Å². The van der Waals surface area contributed by atoms with Gasteiger partial charge in [0.15, 0.2) is 5.13 Å². The van der Waals surface area contributed by atoms with Crippen molar-refractivity contribution in [3.05, 3.63) is 51.4 Å². The zero-order chi connectivity index (χ0) is 15.7. The van der Waals surface area contributed by atoms with Gasteiger partial charge in [-0.2, -0.15) is 0 Å². The summed E-state index contributed by atoms with van der Waals surface area (Å²) in [6.07, 6.45) is 1.23. The molecular formula is C15H14N4O2S. The molecule has 1 N–H and O–H groups in total. The van der Waals surface area contributed by atoms with Crippen LogP contribution in [-0.2, 0) is 11.3 Å². The number of thiazole rings is 1. The lowest BCUT2D eigenvalue weighted by Crippen LogP contribution is -2.27. The van der Waals surface area contributed by atoms with Gasteiger partial charge in [0, 0.05) is 4.88 Å². The summed E-state index contributed by atoms with van der Waals surface area (Å²) >= 11 is 1.42. The minimum atomic E-state index is -0.305. The molecule has 0 saturated carbocycles. The Labute approximate surface area is 130 Å². The number of aryl methyl sites for hydroxylation is 2. The molecular weight excluding hydrogens is 300 g/mol. The molecule has 0 bridgehead atoms. The van der Waals surface area contributed by atoms with Crippen molar-refractivity contribution in [2.45, 2.75) is 20.4 Å². The fourth-order valence-corrected chi connectivity index (χ4v) is 2.94. The molecule has 0 aliphatic heterocycles. The van der Waals surface area contributed by atoms with Crippen molar-refractivity contribution in [2.24, 2.45) is 0 Å². The molecule has 0 fully saturated rings. The smallest absolute Gasteiger partial charge is 0.269 e. The first-order chi connectivity index (χ1) is 10.5. The highest BCUT2D eigenvalue weighted by Crippen LogP contribution is 2.21. The molecule has 0 aliphatic carbocycles. The summed E-state index contributed by atoms with van der Waals surface area (Å²) < 4.78 is 1.41. The summed E-state index contributed by atoms with van der Waals surface area (Å²) in [5, 5.41) is 3.28. The zero-order valence-electron chi connectivity index (χ0n) is 12.2. The number of benzene rings is 1. The summed E-state index contributed by atoms with van der Waals surface area (Å²) in [6.45, 7) is 3.77. The number of nitrogens with zero attached hydrogens (tertiary/aromatic N) is 3. The minimum absolute atomic E-state index is 0.0699. The van der Waals surface area contributed by atoms with Crippen LogP contribution >= 0.6 is 11.3 Å². The second-order valence-corrected chi connectivity index (χ2v) is 6.08. The fraction of sp³-hybridized carbons (Fsp3) is 0.200. The van der Waals surface area contributed by atoms with Crippen LogP contribution in [0.4, 0.5) is 5.13 Å². The average Bonchev–Trinajstić information content (AvgIpc) is 2.80. The van der Waals surface area contributed by atoms with Gasteiger partial charge >= 0.3 is 0 Å². The van der Waals surface area contributed by atoms with Crippen LogP contribution in [0.15, 0.2) is 35.3 Å². The Morgan fingerprint density at radius 1 is 1.32 bits per heavy atom. The third-order valence-electron chi connectivity index (χ3n) is 3.33. The quantitative estimate of drug-likeness (QED) is 0.803. The van der Waals surface area contributed by atoms with Crippen LogP contribution in [0.1, 0.15) is 10.6 Å². The molecule has 7 heteroatoms. The topological polar surface area (TPSA) is 76.9 Å². The Bertz CT molecular complexity index is 894. The minimum Gasteiger partial charge on any atom is -0.300 e. The average molecular weight is 314 g/mol. The second-order valence-electron chi connectivity index (χ2n) is 4.88. The van der Waals surface area contributed by atoms with Crippen molar-refractivity contribution < 1.29 is 4.79 Å². The second kappa shape index (κ2) is 5.69. The number of rotatable bonds is 3. The van der Waals surface area contributed by atoms with Crippen LogP contribution in [0.3, 0.4) is 0 Å². The van der Waals surface area contributed by atoms with Crippen LogP contribution in [0, 0.1) is 13.8 Å². The number of carbonyl (C=O) groups is 1. The van der Waals surface area contributed by atoms with Crippen LogP contribution in [0.2, 0.25) is 0 Å². The number of aromatic nitrogens is 3. The molecule has 6 nitrogen and oxygen atoms in total. The van der Waals surface area contributed by atoms with Gasteiger partial charge in [-0.15, -0.1) is 11.3 Å². The van der Waals surface area contributed by atoms with Crippen molar-refractivity contribution in [2.75, 3.05) is 5.32 Å². The standard InChI is InChI=1S/C15H14N4O2S/c1-9-10(2)22-15(17-9)18-13(20)8-19-12-6-4-3-5-11(12)16-7-14(19)21/h3-7H,8H2,1-2H3,(H,17,18,20). The van der Waals surface area contributed by atoms with E-state index >= 15 is 0 Å². The summed E-state index contributed by atoms with van der Waals surface area (Å²) in [7, 11) is 0. The molecule has 1 amide bonds. The Morgan fingerprint density at radius 3 is 2.82 bits per heavy atom. The highest BCUT2D eigenvalue weighted by atomic mass is 32.1. The van der Waals surface area contributed by atoms with E-state index in [0.29, 0.717) is 16.2 Å². The molecule has 3 rings (SSSR count). The lowest BCUT2D eigenvalue weighted by atomic mass is 10.3. The van der Waals surface area contributed by atoms with Gasteiger partial charge in [0.05, 0.1) is 22.9 Å². The predicted molar refractivity (Wildman–Crippen MR) is 86.2 cm³/mol. The van der Waals surface area contributed by atoms with Crippen molar-refractivity contribution in [1.82, 2.24) is 14.5 Å². The highest BCUT2D eigenvalue weighted by molar-refractivity contribution is 7.15. The van der Waals surface area contributed by atoms with Gasteiger partial charge in [0.2, 0.25) is 5.91 Å². The molecule has 0 radical (unpaired) electrons. The van der Waals surface area contributed by atoms with Crippen LogP contribution in [-0.4, -0.2) is 20.4 Å². The number of anilines is 1. The molecule has 0 aliphatic rings. The van der Waals surface area contributed by atoms with Gasteiger partial charge in [-0.05, 0) is 26.0 Å². The van der Waals surface area contributed by atoms with Gasteiger partial charge in [0.1, 0.15) is 6.54 Å². The number of carbonyl (C=O) groups excluding carboxylic acids is 1. The Morgan fingerprint density at radius 2 is 2.09 bits per heavy atom. The summed E-state index contributed by atoms with van der Waals surface area (Å²) in [6, 6.07) is 7.22. The Hall–Kier alpha value is -2.54. The van der Waals surface area contributed by atoms with E-state index in [9.17, 15) is 9.59 Å². The van der Waals surface area contributed by atoms with Crippen LogP contribution in [0.5, 0.6) is 0 Å². The summed E-state index contributed by atoms with van der Waals surface area (Å²) in [5.74, 6) is -0.285. The molecule has 2 heterocycles. The molecule has 0 unspecified atom stereocenters. The fourth-order valence-electron chi connectivity index (χ4n) is 2.11. The van der Waals surface area contributed by atoms with Gasteiger partial charge < -0.3 is 5.32 Å². The van der Waals surface area contributed by atoms with Gasteiger partial charge in [-0.25, -0.2) is 9.97 Å². The van der Waals surface area contributed by atoms with Crippen molar-refractivity contribution in [3.8, 4) is 0 Å². The van der Waals surface area contributed by atoms with Gasteiger partial charge in [0.25, 0.3) is 5.56 Å². The van der Waals surface area contributed by atoms with E-state index in [1.807, 2.05) is 26.0 Å². The Kier molecular flexibility index (Phi) is 3.72. The monoisotopic (exact) mass is 314 g/mol. The molecule has 1 aromatic carbocycles. The van der Waals surface area contributed by atoms with Crippen LogP contribution < -0.4 is 10.9 Å². The number of para-hydroxylation sites is 2. The largest absolute Gasteiger partial charge is 0.300 e. The molecule has 22 heavy (non-hydrogen) atoms. The maximum Gasteiger partial charge on any atom is 0.269 e. The number of nitrogens with one attached hydrogen (secondary N) is 1. The SMILES string of the molecule is Cc1nc(NC(=O)Cn2c(=O)cnc3ccccc32)sc1C. The number of amides is 1. The summed E-state index contributed by atoms with van der Waals surface area (Å²) in [4.78, 5) is 33.6. The third kappa shape index (κ3) is 2.75. The predicted octanol–water partition coefficient (Wildman–Crippen LogP) is 2.11. The Balaban J connectivity index is 1.88. The van der Waals surface area contributed by atoms with E-state index in [-0.39, 0.29) is 18.0 Å². The molecule has 0 atom stereocenters. The third-order valence-corrected chi connectivity index (χ3v) is 4.32. The van der Waals surface area contributed by atoms with Crippen molar-refractivity contribution in [3.63, 3.8) is 0 Å². The highest BCUT2D eigenvalue weighted by Gasteiger charge is 2.11. The number of fused-ring (bicyclic) bond motifs is 1. The molecule has 0 spiro atoms. The van der Waals surface area contributed by atoms with Gasteiger partial charge in [-0.3, -0.25) is 14.2 Å². The first-order valence-corrected chi connectivity index (χ1v) is 7.55. The normalized spacial score (nSPS) is 10.8. The van der Waals surface area contributed by atoms with E-state index < -0.39 is 0 Å². The summed E-state index contributed by atoms with van der Waals surface area (Å²) in [5.41, 5.74) is 1.90. The zero-order valence-corrected chi connectivity index (χ0v) is 13.0. The molecule has 3 aromatic rings. The van der Waals surface area contributed by atoms with Crippen molar-refractivity contribution >= 4 is 33.4 Å². The molecule has 112 valence electrons. The molecule has 2 aromatic heterocycles. The first-order valence-electron chi connectivity index (χ1n) is 6.73. The van der Waals surface area contributed by atoms with E-state index in [1.54, 1.807) is 12.1 Å². The van der Waals surface area contributed by atoms with E-state index in [4.69, 9.17) is 0 Å². The van der Waals surface area contributed by atoms with Crippen LogP contribution in [0.25, 0.3) is 11.0 Å². The maximum absolute atomic E-state index is 12.2. The molecule has 0 saturated heterocycles. The maximum atomic E-state index is 12.2. The van der Waals surface area contributed by atoms with E-state index in [1.165, 1.54) is 22.1 Å². The lowest BCUT2D eigenvalue weighted by Gasteiger charge is -2.08. The van der Waals surface area contributed by atoms with E-state index in [0.717, 1.165) is 10.6 Å². The van der Waals surface area contributed by atoms with Crippen molar-refractivity contribution in [1.29, 1.82) is 0 Å².